The summed E-state index contributed by atoms with van der Waals surface area (Å²) in [4.78, 5) is 29.6. The molecule has 0 aliphatic carbocycles. The fourth-order valence-electron chi connectivity index (χ4n) is 10.9. The van der Waals surface area contributed by atoms with Gasteiger partial charge in [0.25, 0.3) is 0 Å². The highest BCUT2D eigenvalue weighted by Gasteiger charge is 2.26. The van der Waals surface area contributed by atoms with Gasteiger partial charge < -0.3 is 0 Å². The second-order valence-electron chi connectivity index (χ2n) is 45.7. The molecule has 0 spiro atoms. The second kappa shape index (κ2) is 39.2. The van der Waals surface area contributed by atoms with Crippen LogP contribution in [0.5, 0.6) is 0 Å². The Hall–Kier alpha value is -6.07. The Morgan fingerprint density at radius 1 is 0.252 bits per heavy atom. The molecule has 5 heteroatoms. The van der Waals surface area contributed by atoms with Gasteiger partial charge in [-0.05, 0) is 197 Å². The van der Waals surface area contributed by atoms with E-state index in [-0.39, 0.29) is 59.9 Å². The quantitative estimate of drug-likeness (QED) is 0.152. The first-order valence-corrected chi connectivity index (χ1v) is 40.4. The lowest BCUT2D eigenvalue weighted by molar-refractivity contribution is -0.125. The molecule has 7 aromatic rings. The Morgan fingerprint density at radius 2 is 0.514 bits per heavy atom. The van der Waals surface area contributed by atoms with Crippen molar-refractivity contribution in [3.05, 3.63) is 225 Å². The molecular weight excluding hydrogens is 1300 g/mol. The number of carbonyl (C=O) groups excluding carboxylic acids is 1. The molecule has 0 amide bonds. The normalized spacial score (nSPS) is 12.9. The molecule has 4 heterocycles. The van der Waals surface area contributed by atoms with Gasteiger partial charge in [0.1, 0.15) is 5.78 Å². The van der Waals surface area contributed by atoms with Crippen LogP contribution in [0, 0.1) is 27.1 Å². The minimum absolute atomic E-state index is 0.0997. The molecular formula is C102H164N4O. The van der Waals surface area contributed by atoms with Crippen molar-refractivity contribution in [3.8, 4) is 0 Å². The van der Waals surface area contributed by atoms with E-state index in [1.165, 1.54) is 92.0 Å². The van der Waals surface area contributed by atoms with E-state index in [4.69, 9.17) is 0 Å². The van der Waals surface area contributed by atoms with Gasteiger partial charge in [-0.3, -0.25) is 24.7 Å². The van der Waals surface area contributed by atoms with Gasteiger partial charge in [0, 0.05) is 75.6 Å². The number of benzene rings is 3. The van der Waals surface area contributed by atoms with E-state index in [2.05, 4.69) is 399 Å². The third kappa shape index (κ3) is 42.6. The van der Waals surface area contributed by atoms with Crippen molar-refractivity contribution >= 4 is 5.78 Å². The van der Waals surface area contributed by atoms with Crippen LogP contribution in [0.15, 0.2) is 146 Å². The summed E-state index contributed by atoms with van der Waals surface area (Å²) < 4.78 is 0. The van der Waals surface area contributed by atoms with E-state index >= 15 is 0 Å². The number of Topliss-reactive ketones (excluding diaryl/α,β-unsaturated/α-hetero) is 1. The predicted octanol–water partition coefficient (Wildman–Crippen LogP) is 29.4. The van der Waals surface area contributed by atoms with Gasteiger partial charge >= 0.3 is 0 Å². The highest BCUT2D eigenvalue weighted by atomic mass is 16.1. The van der Waals surface area contributed by atoms with Gasteiger partial charge in [-0.25, -0.2) is 0 Å². The molecule has 0 aliphatic heterocycles. The Kier molecular flexibility index (Phi) is 36.3. The topological polar surface area (TPSA) is 68.6 Å². The zero-order valence-electron chi connectivity index (χ0n) is 77.5. The summed E-state index contributed by atoms with van der Waals surface area (Å²) >= 11 is 0. The minimum atomic E-state index is -0.292. The summed E-state index contributed by atoms with van der Waals surface area (Å²) in [6.45, 7) is 93.5. The number of nitrogens with zero attached hydrogens (tertiary/aromatic N) is 4. The first kappa shape index (κ1) is 98.9. The molecule has 5 nitrogen and oxygen atoms in total. The predicted molar refractivity (Wildman–Crippen MR) is 475 cm³/mol. The van der Waals surface area contributed by atoms with Crippen molar-refractivity contribution in [3.63, 3.8) is 0 Å². The SMILES string of the molecule is CC(C)(C)C(=O)Cc1cc(C(C)(C)C)ccn1.CC(C)(C)CCc1cccc(C(C)(C)C)c1.CC(C)(C)CCc1ccnc(C(C)(C)C)c1.CC(C)(C)Cc1cccc(C(C)(C)C)c1.CC(C)(C)Cc1ccnc(C(C)(C)C)c1.CC(C)(C)c1cccc(C(C)(C)C)c1.CC(C)(C)c1ccnc(C(C)(C)C)c1. The van der Waals surface area contributed by atoms with Crippen LogP contribution in [0.4, 0.5) is 0 Å². The number of aryl methyl sites for hydroxylation is 2. The van der Waals surface area contributed by atoms with Crippen molar-refractivity contribution in [2.75, 3.05) is 0 Å². The lowest BCUT2D eigenvalue weighted by Gasteiger charge is -2.24. The van der Waals surface area contributed by atoms with E-state index in [1.807, 2.05) is 51.5 Å². The van der Waals surface area contributed by atoms with Crippen molar-refractivity contribution < 1.29 is 4.79 Å². The van der Waals surface area contributed by atoms with Crippen LogP contribution in [-0.4, -0.2) is 25.7 Å². The van der Waals surface area contributed by atoms with Crippen LogP contribution in [0.2, 0.25) is 0 Å². The number of hydrogen-bond acceptors (Lipinski definition) is 5. The van der Waals surface area contributed by atoms with Gasteiger partial charge in [-0.15, -0.1) is 0 Å². The van der Waals surface area contributed by atoms with Crippen LogP contribution >= 0.6 is 0 Å². The van der Waals surface area contributed by atoms with Crippen molar-refractivity contribution in [1.29, 1.82) is 0 Å². The Bertz CT molecular complexity index is 3480. The molecule has 598 valence electrons. The first-order chi connectivity index (χ1) is 47.8. The number of hydrogen-bond donors (Lipinski definition) is 0. The van der Waals surface area contributed by atoms with Gasteiger partial charge in [0.15, 0.2) is 0 Å². The van der Waals surface area contributed by atoms with Crippen LogP contribution in [0.1, 0.15) is 382 Å². The van der Waals surface area contributed by atoms with E-state index < -0.39 is 0 Å². The number of rotatable bonds is 8. The Labute approximate surface area is 662 Å². The number of pyridine rings is 4. The molecule has 0 saturated heterocycles. The highest BCUT2D eigenvalue weighted by molar-refractivity contribution is 5.85. The standard InChI is InChI=1S/C16H26.C15H23NO.C15H25N.C15H24.C14H23N.C14H22.C13H21N/c1-15(2,3)11-10-13-8-7-9-14(12-13)16(4,5)6;1-14(2,3)11-7-8-16-12(9-11)10-13(17)15(4,5)6;1-14(2,3)9-7-12-8-10-16-13(11-12)15(4,5)6;1-14(2,3)11-12-8-7-9-13(10-12)15(4,5)6;1-13(2,3)10-11-7-8-15-12(9-11)14(4,5)6;1-13(2,3)11-8-7-9-12(10-11)14(4,5)6;1-12(2,3)10-7-8-14-11(9-10)13(4,5)6/h7-9,12H,10-11H2,1-6H3;7-9H,10H2,1-6H3;8,10-11H,7,9H2,1-6H3;7-10H,11H2,1-6H3;7-9H,10H2,1-6H3;7-10H,1-6H3;7-9H,1-6H3. The zero-order chi connectivity index (χ0) is 83.4. The van der Waals surface area contributed by atoms with Crippen molar-refractivity contribution in [1.82, 2.24) is 19.9 Å². The smallest absolute Gasteiger partial charge is 0.144 e. The second-order valence-corrected chi connectivity index (χ2v) is 45.7. The molecule has 0 atom stereocenters. The highest BCUT2D eigenvalue weighted by Crippen LogP contribution is 2.34. The first-order valence-electron chi connectivity index (χ1n) is 40.4. The molecule has 7 rings (SSSR count). The largest absolute Gasteiger partial charge is 0.299 e. The van der Waals surface area contributed by atoms with Crippen molar-refractivity contribution in [2.24, 2.45) is 27.1 Å². The lowest BCUT2D eigenvalue weighted by Crippen LogP contribution is -2.23. The van der Waals surface area contributed by atoms with Crippen LogP contribution in [0.25, 0.3) is 0 Å². The molecule has 0 bridgehead atoms. The average molecular weight is 1460 g/mol. The molecule has 0 aliphatic rings. The molecule has 107 heavy (non-hydrogen) atoms. The lowest BCUT2D eigenvalue weighted by atomic mass is 9.81. The summed E-state index contributed by atoms with van der Waals surface area (Å²) in [5.41, 5.74) is 21.5. The Balaban J connectivity index is 0.000000625. The van der Waals surface area contributed by atoms with Gasteiger partial charge in [0.2, 0.25) is 0 Å². The van der Waals surface area contributed by atoms with Crippen LogP contribution in [-0.2, 0) is 85.6 Å². The van der Waals surface area contributed by atoms with Gasteiger partial charge in [-0.2, -0.15) is 0 Å². The van der Waals surface area contributed by atoms with E-state index in [0.717, 1.165) is 25.0 Å². The molecule has 4 aromatic heterocycles. The van der Waals surface area contributed by atoms with E-state index in [9.17, 15) is 4.79 Å². The van der Waals surface area contributed by atoms with Crippen LogP contribution in [0.3, 0.4) is 0 Å². The zero-order valence-corrected chi connectivity index (χ0v) is 77.5. The summed E-state index contributed by atoms with van der Waals surface area (Å²) in [5.74, 6) is 0.232. The third-order valence-electron chi connectivity index (χ3n) is 18.4. The summed E-state index contributed by atoms with van der Waals surface area (Å²) in [6, 6.07) is 44.1. The monoisotopic (exact) mass is 1460 g/mol. The maximum absolute atomic E-state index is 12.0. The molecule has 0 saturated carbocycles. The van der Waals surface area contributed by atoms with Gasteiger partial charge in [-0.1, -0.05) is 364 Å². The Morgan fingerprint density at radius 3 is 0.850 bits per heavy atom. The molecule has 0 fully saturated rings. The minimum Gasteiger partial charge on any atom is -0.299 e. The van der Waals surface area contributed by atoms with Gasteiger partial charge in [0.05, 0.1) is 0 Å². The number of aromatic nitrogens is 4. The maximum atomic E-state index is 12.0. The molecule has 0 N–H and O–H groups in total. The average Bonchev–Trinajstić information content (AvgIpc) is 0.866. The summed E-state index contributed by atoms with van der Waals surface area (Å²) in [7, 11) is 0. The fraction of sp³-hybridized carbons (Fsp3) is 0.618. The third-order valence-corrected chi connectivity index (χ3v) is 18.4. The van der Waals surface area contributed by atoms with Crippen LogP contribution < -0.4 is 0 Å². The maximum Gasteiger partial charge on any atom is 0.144 e. The fourth-order valence-corrected chi connectivity index (χ4v) is 10.9. The van der Waals surface area contributed by atoms with E-state index in [1.54, 1.807) is 6.20 Å². The number of carbonyl (C=O) groups is 1. The summed E-state index contributed by atoms with van der Waals surface area (Å²) in [6.07, 6.45) is 15.1. The molecule has 3 aromatic carbocycles. The number of ketones is 1. The molecule has 0 unspecified atom stereocenters. The summed E-state index contributed by atoms with van der Waals surface area (Å²) in [5, 5.41) is 0. The van der Waals surface area contributed by atoms with Crippen molar-refractivity contribution in [2.45, 2.75) is 384 Å². The molecule has 0 radical (unpaired) electrons. The van der Waals surface area contributed by atoms with E-state index in [0.29, 0.717) is 28.1 Å².